The van der Waals surface area contributed by atoms with E-state index in [1.54, 1.807) is 4.90 Å². The number of carbonyl (C=O) groups excluding carboxylic acids is 4. The maximum Gasteiger partial charge on any atom is 0.321 e. The summed E-state index contributed by atoms with van der Waals surface area (Å²) in [4.78, 5) is 50.1. The second-order valence-electron chi connectivity index (χ2n) is 8.00. The number of amides is 4. The Morgan fingerprint density at radius 1 is 1.13 bits per heavy atom. The summed E-state index contributed by atoms with van der Waals surface area (Å²) >= 11 is 0. The summed E-state index contributed by atoms with van der Waals surface area (Å²) in [5.74, 6) is -2.03. The van der Waals surface area contributed by atoms with Crippen LogP contribution in [0, 0.1) is 5.92 Å². The van der Waals surface area contributed by atoms with E-state index in [-0.39, 0.29) is 31.0 Å². The van der Waals surface area contributed by atoms with Crippen LogP contribution in [-0.2, 0) is 19.1 Å². The van der Waals surface area contributed by atoms with Crippen LogP contribution in [-0.4, -0.2) is 47.9 Å². The predicted molar refractivity (Wildman–Crippen MR) is 109 cm³/mol. The molecule has 1 heterocycles. The van der Waals surface area contributed by atoms with Gasteiger partial charge in [-0.05, 0) is 25.3 Å². The number of carbonyl (C=O) groups is 4. The summed E-state index contributed by atoms with van der Waals surface area (Å²) in [5.41, 5.74) is 0.989. The number of nitrogens with one attached hydrogen (secondary N) is 2. The van der Waals surface area contributed by atoms with Crippen LogP contribution in [0.15, 0.2) is 30.3 Å². The summed E-state index contributed by atoms with van der Waals surface area (Å²) in [7, 11) is 0. The normalized spacial score (nSPS) is 20.5. The van der Waals surface area contributed by atoms with Crippen LogP contribution in [0.4, 0.5) is 4.79 Å². The molecule has 162 valence electrons. The van der Waals surface area contributed by atoms with Crippen molar-refractivity contribution in [1.29, 1.82) is 0 Å². The fourth-order valence-corrected chi connectivity index (χ4v) is 4.06. The smallest absolute Gasteiger partial charge is 0.321 e. The van der Waals surface area contributed by atoms with E-state index in [0.29, 0.717) is 0 Å². The second kappa shape index (κ2) is 10.2. The third kappa shape index (κ3) is 5.81. The van der Waals surface area contributed by atoms with Gasteiger partial charge < -0.3 is 15.0 Å². The van der Waals surface area contributed by atoms with E-state index in [1.165, 1.54) is 6.42 Å². The molecular formula is C22H29N3O5. The minimum Gasteiger partial charge on any atom is -0.455 e. The number of esters is 1. The summed E-state index contributed by atoms with van der Waals surface area (Å²) < 4.78 is 5.05. The van der Waals surface area contributed by atoms with E-state index in [4.69, 9.17) is 4.74 Å². The molecule has 1 aliphatic carbocycles. The quantitative estimate of drug-likeness (QED) is 0.694. The average Bonchev–Trinajstić information content (AvgIpc) is 3.14. The first-order valence-corrected chi connectivity index (χ1v) is 10.6. The molecule has 2 N–H and O–H groups in total. The van der Waals surface area contributed by atoms with E-state index < -0.39 is 30.4 Å². The van der Waals surface area contributed by atoms with Gasteiger partial charge in [0.1, 0.15) is 0 Å². The Kier molecular flexibility index (Phi) is 7.43. The van der Waals surface area contributed by atoms with Crippen molar-refractivity contribution in [2.45, 2.75) is 57.5 Å². The Labute approximate surface area is 176 Å². The SMILES string of the molecule is C[C@@H](c1ccccc1)N1C[C@H](C(=O)OCC(=O)NC(=O)NC2CCCCC2)CC1=O. The number of imide groups is 1. The highest BCUT2D eigenvalue weighted by molar-refractivity contribution is 5.96. The molecule has 1 aromatic carbocycles. The lowest BCUT2D eigenvalue weighted by atomic mass is 9.96. The standard InChI is InChI=1S/C22H29N3O5/c1-15(16-8-4-2-5-9-16)25-13-17(12-20(25)27)21(28)30-14-19(26)24-22(29)23-18-10-6-3-7-11-18/h2,4-5,8-9,15,17-18H,3,6-7,10-14H2,1H3,(H2,23,24,26,29)/t15-,17+/m0/s1. The molecule has 8 nitrogen and oxygen atoms in total. The molecule has 8 heteroatoms. The lowest BCUT2D eigenvalue weighted by Crippen LogP contribution is -2.46. The molecule has 0 bridgehead atoms. The van der Waals surface area contributed by atoms with Crippen molar-refractivity contribution in [3.63, 3.8) is 0 Å². The Balaban J connectivity index is 1.41. The van der Waals surface area contributed by atoms with Gasteiger partial charge in [-0.15, -0.1) is 0 Å². The monoisotopic (exact) mass is 415 g/mol. The summed E-state index contributed by atoms with van der Waals surface area (Å²) in [6.45, 7) is 1.62. The third-order valence-electron chi connectivity index (χ3n) is 5.78. The Morgan fingerprint density at radius 2 is 1.83 bits per heavy atom. The van der Waals surface area contributed by atoms with Crippen molar-refractivity contribution in [3.8, 4) is 0 Å². The number of urea groups is 1. The molecule has 30 heavy (non-hydrogen) atoms. The largest absolute Gasteiger partial charge is 0.455 e. The van der Waals surface area contributed by atoms with Crippen LogP contribution in [0.2, 0.25) is 0 Å². The Hall–Kier alpha value is -2.90. The number of hydrogen-bond donors (Lipinski definition) is 2. The van der Waals surface area contributed by atoms with Crippen molar-refractivity contribution in [3.05, 3.63) is 35.9 Å². The Morgan fingerprint density at radius 3 is 2.53 bits per heavy atom. The molecule has 2 fully saturated rings. The number of hydrogen-bond acceptors (Lipinski definition) is 5. The molecular weight excluding hydrogens is 386 g/mol. The van der Waals surface area contributed by atoms with Gasteiger partial charge in [-0.2, -0.15) is 0 Å². The molecule has 0 spiro atoms. The molecule has 1 aliphatic heterocycles. The zero-order valence-corrected chi connectivity index (χ0v) is 17.3. The number of likely N-dealkylation sites (tertiary alicyclic amines) is 1. The topological polar surface area (TPSA) is 105 Å². The minimum atomic E-state index is -0.685. The van der Waals surface area contributed by atoms with Crippen molar-refractivity contribution >= 4 is 23.8 Å². The first kappa shape index (κ1) is 21.8. The molecule has 0 radical (unpaired) electrons. The number of rotatable bonds is 6. The van der Waals surface area contributed by atoms with E-state index >= 15 is 0 Å². The molecule has 3 rings (SSSR count). The summed E-state index contributed by atoms with van der Waals surface area (Å²) in [5, 5.41) is 4.96. The minimum absolute atomic E-state index is 0.0553. The van der Waals surface area contributed by atoms with Crippen molar-refractivity contribution in [1.82, 2.24) is 15.5 Å². The first-order valence-electron chi connectivity index (χ1n) is 10.6. The Bertz CT molecular complexity index is 776. The van der Waals surface area contributed by atoms with Crippen LogP contribution in [0.1, 0.15) is 57.1 Å². The van der Waals surface area contributed by atoms with Crippen LogP contribution >= 0.6 is 0 Å². The van der Waals surface area contributed by atoms with Crippen LogP contribution in [0.5, 0.6) is 0 Å². The van der Waals surface area contributed by atoms with Gasteiger partial charge >= 0.3 is 12.0 Å². The van der Waals surface area contributed by atoms with Gasteiger partial charge in [0.15, 0.2) is 6.61 Å². The maximum absolute atomic E-state index is 12.4. The van der Waals surface area contributed by atoms with Gasteiger partial charge in [-0.3, -0.25) is 19.7 Å². The summed E-state index contributed by atoms with van der Waals surface area (Å²) in [6.07, 6.45) is 5.17. The number of nitrogens with zero attached hydrogens (tertiary/aromatic N) is 1. The number of ether oxygens (including phenoxy) is 1. The van der Waals surface area contributed by atoms with Crippen LogP contribution in [0.3, 0.4) is 0 Å². The predicted octanol–water partition coefficient (Wildman–Crippen LogP) is 2.30. The van der Waals surface area contributed by atoms with Gasteiger partial charge in [0.05, 0.1) is 12.0 Å². The van der Waals surface area contributed by atoms with Gasteiger partial charge in [0.2, 0.25) is 5.91 Å². The van der Waals surface area contributed by atoms with Gasteiger partial charge in [-0.25, -0.2) is 4.79 Å². The maximum atomic E-state index is 12.4. The molecule has 2 atom stereocenters. The zero-order valence-electron chi connectivity index (χ0n) is 17.3. The molecule has 1 saturated carbocycles. The second-order valence-corrected chi connectivity index (χ2v) is 8.00. The highest BCUT2D eigenvalue weighted by Gasteiger charge is 2.38. The molecule has 0 aromatic heterocycles. The zero-order chi connectivity index (χ0) is 21.5. The highest BCUT2D eigenvalue weighted by atomic mass is 16.5. The average molecular weight is 415 g/mol. The first-order chi connectivity index (χ1) is 14.4. The molecule has 4 amide bonds. The highest BCUT2D eigenvalue weighted by Crippen LogP contribution is 2.28. The van der Waals surface area contributed by atoms with Gasteiger partial charge in [-0.1, -0.05) is 49.6 Å². The van der Waals surface area contributed by atoms with E-state index in [2.05, 4.69) is 10.6 Å². The van der Waals surface area contributed by atoms with Crippen LogP contribution in [0.25, 0.3) is 0 Å². The van der Waals surface area contributed by atoms with Crippen molar-refractivity contribution in [2.75, 3.05) is 13.2 Å². The van der Waals surface area contributed by atoms with Gasteiger partial charge in [0, 0.05) is 19.0 Å². The third-order valence-corrected chi connectivity index (χ3v) is 5.78. The fraction of sp³-hybridized carbons (Fsp3) is 0.545. The lowest BCUT2D eigenvalue weighted by molar-refractivity contribution is -0.152. The lowest BCUT2D eigenvalue weighted by Gasteiger charge is -2.25. The van der Waals surface area contributed by atoms with Crippen molar-refractivity contribution < 1.29 is 23.9 Å². The summed E-state index contributed by atoms with van der Waals surface area (Å²) in [6, 6.07) is 8.95. The molecule has 1 aromatic rings. The molecule has 1 saturated heterocycles. The fourth-order valence-electron chi connectivity index (χ4n) is 4.06. The van der Waals surface area contributed by atoms with Gasteiger partial charge in [0.25, 0.3) is 5.91 Å². The molecule has 0 unspecified atom stereocenters. The van der Waals surface area contributed by atoms with Crippen LogP contribution < -0.4 is 10.6 Å². The van der Waals surface area contributed by atoms with E-state index in [9.17, 15) is 19.2 Å². The van der Waals surface area contributed by atoms with Crippen molar-refractivity contribution in [2.24, 2.45) is 5.92 Å². The van der Waals surface area contributed by atoms with E-state index in [1.807, 2.05) is 37.3 Å². The van der Waals surface area contributed by atoms with E-state index in [0.717, 1.165) is 31.2 Å². The molecule has 2 aliphatic rings. The number of benzene rings is 1.